The third kappa shape index (κ3) is 1.93. The number of pyridine rings is 1. The number of aromatic nitrogens is 1. The van der Waals surface area contributed by atoms with E-state index in [0.29, 0.717) is 6.61 Å². The standard InChI is InChI=1S/C11H14N2O/c1-2-14-11-5-10(7-13-8-11)9-3-4-12-6-9/h3,5,7-8,12H,2,4,6H2,1H3. The lowest BCUT2D eigenvalue weighted by Crippen LogP contribution is -2.07. The van der Waals surface area contributed by atoms with Crippen molar-refractivity contribution >= 4 is 5.57 Å². The molecule has 0 fully saturated rings. The van der Waals surface area contributed by atoms with Crippen molar-refractivity contribution in [2.75, 3.05) is 19.7 Å². The zero-order chi connectivity index (χ0) is 9.80. The van der Waals surface area contributed by atoms with Gasteiger partial charge in [0.15, 0.2) is 0 Å². The van der Waals surface area contributed by atoms with Crippen LogP contribution in [0.2, 0.25) is 0 Å². The topological polar surface area (TPSA) is 34.1 Å². The molecule has 0 amide bonds. The summed E-state index contributed by atoms with van der Waals surface area (Å²) in [5, 5.41) is 3.26. The average molecular weight is 190 g/mol. The Bertz CT molecular complexity index is 347. The van der Waals surface area contributed by atoms with Gasteiger partial charge >= 0.3 is 0 Å². The van der Waals surface area contributed by atoms with Crippen LogP contribution in [0.3, 0.4) is 0 Å². The normalized spacial score (nSPS) is 15.4. The maximum atomic E-state index is 5.40. The second-order valence-corrected chi connectivity index (χ2v) is 3.20. The molecular weight excluding hydrogens is 176 g/mol. The zero-order valence-electron chi connectivity index (χ0n) is 8.29. The molecule has 3 nitrogen and oxygen atoms in total. The van der Waals surface area contributed by atoms with E-state index < -0.39 is 0 Å². The molecule has 3 heteroatoms. The third-order valence-corrected chi connectivity index (χ3v) is 2.20. The van der Waals surface area contributed by atoms with Gasteiger partial charge in [-0.05, 0) is 18.6 Å². The summed E-state index contributed by atoms with van der Waals surface area (Å²) in [6.45, 7) is 4.54. The van der Waals surface area contributed by atoms with E-state index in [1.54, 1.807) is 6.20 Å². The first-order valence-electron chi connectivity index (χ1n) is 4.88. The van der Waals surface area contributed by atoms with E-state index in [2.05, 4.69) is 16.4 Å². The van der Waals surface area contributed by atoms with Crippen LogP contribution in [-0.2, 0) is 0 Å². The molecule has 0 unspecified atom stereocenters. The fourth-order valence-corrected chi connectivity index (χ4v) is 1.53. The molecule has 0 spiro atoms. The van der Waals surface area contributed by atoms with Gasteiger partial charge in [0.1, 0.15) is 5.75 Å². The largest absolute Gasteiger partial charge is 0.492 e. The number of hydrogen-bond donors (Lipinski definition) is 1. The van der Waals surface area contributed by atoms with Crippen LogP contribution in [0.4, 0.5) is 0 Å². The van der Waals surface area contributed by atoms with Gasteiger partial charge in [0.25, 0.3) is 0 Å². The number of ether oxygens (including phenoxy) is 1. The monoisotopic (exact) mass is 190 g/mol. The number of rotatable bonds is 3. The van der Waals surface area contributed by atoms with E-state index in [1.165, 1.54) is 5.57 Å². The van der Waals surface area contributed by atoms with Gasteiger partial charge in [-0.15, -0.1) is 0 Å². The Kier molecular flexibility index (Phi) is 2.79. The van der Waals surface area contributed by atoms with E-state index >= 15 is 0 Å². The van der Waals surface area contributed by atoms with Crippen LogP contribution < -0.4 is 10.1 Å². The Morgan fingerprint density at radius 3 is 3.14 bits per heavy atom. The molecule has 1 aliphatic heterocycles. The third-order valence-electron chi connectivity index (χ3n) is 2.20. The predicted molar refractivity (Wildman–Crippen MR) is 56.3 cm³/mol. The first kappa shape index (κ1) is 9.21. The predicted octanol–water partition coefficient (Wildman–Crippen LogP) is 1.47. The molecule has 1 aromatic heterocycles. The quantitative estimate of drug-likeness (QED) is 0.783. The molecule has 74 valence electrons. The summed E-state index contributed by atoms with van der Waals surface area (Å²) >= 11 is 0. The van der Waals surface area contributed by atoms with Crippen LogP contribution in [-0.4, -0.2) is 24.7 Å². The van der Waals surface area contributed by atoms with Crippen LogP contribution in [0.1, 0.15) is 12.5 Å². The van der Waals surface area contributed by atoms with Gasteiger partial charge in [-0.2, -0.15) is 0 Å². The molecule has 0 saturated heterocycles. The second kappa shape index (κ2) is 4.24. The molecule has 0 bridgehead atoms. The van der Waals surface area contributed by atoms with Gasteiger partial charge in [0.05, 0.1) is 12.8 Å². The van der Waals surface area contributed by atoms with Crippen molar-refractivity contribution in [2.24, 2.45) is 0 Å². The number of nitrogens with zero attached hydrogens (tertiary/aromatic N) is 1. The minimum absolute atomic E-state index is 0.683. The molecule has 1 N–H and O–H groups in total. The maximum absolute atomic E-state index is 5.40. The molecule has 0 saturated carbocycles. The second-order valence-electron chi connectivity index (χ2n) is 3.20. The van der Waals surface area contributed by atoms with Gasteiger partial charge in [0.2, 0.25) is 0 Å². The lowest BCUT2D eigenvalue weighted by Gasteiger charge is -2.05. The molecule has 2 heterocycles. The summed E-state index contributed by atoms with van der Waals surface area (Å²) < 4.78 is 5.40. The van der Waals surface area contributed by atoms with Gasteiger partial charge in [0, 0.05) is 24.8 Å². The van der Waals surface area contributed by atoms with Gasteiger partial charge in [-0.3, -0.25) is 4.98 Å². The Morgan fingerprint density at radius 2 is 2.43 bits per heavy atom. The highest BCUT2D eigenvalue weighted by molar-refractivity contribution is 5.69. The van der Waals surface area contributed by atoms with Crippen molar-refractivity contribution in [3.05, 3.63) is 30.1 Å². The minimum atomic E-state index is 0.683. The SMILES string of the molecule is CCOc1cncc(C2=CCNC2)c1. The van der Waals surface area contributed by atoms with Gasteiger partial charge in [-0.1, -0.05) is 6.08 Å². The highest BCUT2D eigenvalue weighted by Crippen LogP contribution is 2.19. The molecule has 1 aromatic rings. The van der Waals surface area contributed by atoms with E-state index in [4.69, 9.17) is 4.74 Å². The molecule has 0 atom stereocenters. The van der Waals surface area contributed by atoms with Crippen molar-refractivity contribution < 1.29 is 4.74 Å². The molecule has 0 radical (unpaired) electrons. The maximum Gasteiger partial charge on any atom is 0.138 e. The Labute approximate surface area is 83.8 Å². The van der Waals surface area contributed by atoms with Crippen LogP contribution in [0.25, 0.3) is 5.57 Å². The molecule has 2 rings (SSSR count). The Hall–Kier alpha value is -1.35. The minimum Gasteiger partial charge on any atom is -0.492 e. The summed E-state index contributed by atoms with van der Waals surface area (Å²) in [4.78, 5) is 4.15. The number of hydrogen-bond acceptors (Lipinski definition) is 3. The van der Waals surface area contributed by atoms with E-state index in [-0.39, 0.29) is 0 Å². The smallest absolute Gasteiger partial charge is 0.138 e. The highest BCUT2D eigenvalue weighted by Gasteiger charge is 2.07. The van der Waals surface area contributed by atoms with Crippen LogP contribution in [0.15, 0.2) is 24.5 Å². The number of nitrogens with one attached hydrogen (secondary N) is 1. The summed E-state index contributed by atoms with van der Waals surface area (Å²) in [5.74, 6) is 0.845. The van der Waals surface area contributed by atoms with Crippen molar-refractivity contribution in [3.8, 4) is 5.75 Å². The van der Waals surface area contributed by atoms with E-state index in [0.717, 1.165) is 24.4 Å². The summed E-state index contributed by atoms with van der Waals surface area (Å²) in [6, 6.07) is 2.04. The first-order chi connectivity index (χ1) is 6.90. The molecule has 0 aliphatic carbocycles. The molecular formula is C11H14N2O. The van der Waals surface area contributed by atoms with E-state index in [9.17, 15) is 0 Å². The van der Waals surface area contributed by atoms with Crippen molar-refractivity contribution in [1.29, 1.82) is 0 Å². The molecule has 0 aromatic carbocycles. The van der Waals surface area contributed by atoms with E-state index in [1.807, 2.05) is 19.2 Å². The van der Waals surface area contributed by atoms with Crippen LogP contribution in [0, 0.1) is 0 Å². The Balaban J connectivity index is 2.21. The highest BCUT2D eigenvalue weighted by atomic mass is 16.5. The Morgan fingerprint density at radius 1 is 1.50 bits per heavy atom. The first-order valence-corrected chi connectivity index (χ1v) is 4.88. The summed E-state index contributed by atoms with van der Waals surface area (Å²) in [7, 11) is 0. The molecule has 1 aliphatic rings. The van der Waals surface area contributed by atoms with Crippen molar-refractivity contribution in [2.45, 2.75) is 6.92 Å². The lowest BCUT2D eigenvalue weighted by molar-refractivity contribution is 0.339. The van der Waals surface area contributed by atoms with Crippen LogP contribution in [0.5, 0.6) is 5.75 Å². The van der Waals surface area contributed by atoms with Crippen molar-refractivity contribution in [3.63, 3.8) is 0 Å². The van der Waals surface area contributed by atoms with Crippen molar-refractivity contribution in [1.82, 2.24) is 10.3 Å². The fraction of sp³-hybridized carbons (Fsp3) is 0.364. The molecule has 14 heavy (non-hydrogen) atoms. The van der Waals surface area contributed by atoms with Gasteiger partial charge < -0.3 is 10.1 Å². The van der Waals surface area contributed by atoms with Crippen LogP contribution >= 0.6 is 0 Å². The summed E-state index contributed by atoms with van der Waals surface area (Å²) in [5.41, 5.74) is 2.46. The van der Waals surface area contributed by atoms with Gasteiger partial charge in [-0.25, -0.2) is 0 Å². The lowest BCUT2D eigenvalue weighted by atomic mass is 10.1. The zero-order valence-corrected chi connectivity index (χ0v) is 8.29. The fourth-order valence-electron chi connectivity index (χ4n) is 1.53. The summed E-state index contributed by atoms with van der Waals surface area (Å²) in [6.07, 6.45) is 5.81. The average Bonchev–Trinajstić information content (AvgIpc) is 2.71.